The highest BCUT2D eigenvalue weighted by Crippen LogP contribution is 2.16. The minimum absolute atomic E-state index is 0.111. The maximum absolute atomic E-state index is 12.1. The lowest BCUT2D eigenvalue weighted by Crippen LogP contribution is -2.10. The third kappa shape index (κ3) is 2.38. The summed E-state index contributed by atoms with van der Waals surface area (Å²) in [7, 11) is 0. The Kier molecular flexibility index (Phi) is 3.39. The molecule has 18 heavy (non-hydrogen) atoms. The summed E-state index contributed by atoms with van der Waals surface area (Å²) in [6, 6.07) is 7.65. The van der Waals surface area contributed by atoms with Crippen LogP contribution in [0.1, 0.15) is 26.3 Å². The summed E-state index contributed by atoms with van der Waals surface area (Å²) < 4.78 is 0. The van der Waals surface area contributed by atoms with Gasteiger partial charge in [0.05, 0.1) is 5.56 Å². The molecule has 4 nitrogen and oxygen atoms in total. The van der Waals surface area contributed by atoms with Crippen LogP contribution in [0.2, 0.25) is 5.02 Å². The molecule has 1 aromatic heterocycles. The lowest BCUT2D eigenvalue weighted by atomic mass is 10.0. The number of aromatic nitrogens is 1. The fourth-order valence-corrected chi connectivity index (χ4v) is 1.65. The molecule has 2 rings (SSSR count). The van der Waals surface area contributed by atoms with Gasteiger partial charge in [0.15, 0.2) is 5.78 Å². The van der Waals surface area contributed by atoms with Crippen LogP contribution >= 0.6 is 11.6 Å². The zero-order chi connectivity index (χ0) is 13.1. The number of halogens is 1. The van der Waals surface area contributed by atoms with Crippen molar-refractivity contribution in [1.82, 2.24) is 4.98 Å². The van der Waals surface area contributed by atoms with Crippen molar-refractivity contribution < 1.29 is 14.7 Å². The molecule has 0 saturated carbocycles. The highest BCUT2D eigenvalue weighted by Gasteiger charge is 2.17. The van der Waals surface area contributed by atoms with Gasteiger partial charge >= 0.3 is 5.97 Å². The topological polar surface area (TPSA) is 67.3 Å². The van der Waals surface area contributed by atoms with Crippen LogP contribution in [0.25, 0.3) is 0 Å². The molecule has 1 heterocycles. The number of carboxylic acid groups (broad SMARTS) is 1. The summed E-state index contributed by atoms with van der Waals surface area (Å²) >= 11 is 5.73. The fraction of sp³-hybridized carbons (Fsp3) is 0. The molecule has 0 unspecified atom stereocenters. The van der Waals surface area contributed by atoms with Gasteiger partial charge in [-0.2, -0.15) is 0 Å². The molecule has 1 N–H and O–H groups in total. The number of benzene rings is 1. The number of ketones is 1. The standard InChI is InChI=1S/C13H8ClNO3/c14-9-3-1-8(2-4-9)12(16)10-5-6-15-7-11(10)13(17)18/h1-7H,(H,17,18). The van der Waals surface area contributed by atoms with Crippen molar-refractivity contribution in [2.45, 2.75) is 0 Å². The molecule has 0 saturated heterocycles. The Morgan fingerprint density at radius 3 is 2.33 bits per heavy atom. The van der Waals surface area contributed by atoms with Gasteiger partial charge in [0.25, 0.3) is 0 Å². The third-order valence-corrected chi connectivity index (χ3v) is 2.65. The van der Waals surface area contributed by atoms with Crippen molar-refractivity contribution in [3.8, 4) is 0 Å². The molecule has 0 radical (unpaired) electrons. The molecule has 90 valence electrons. The second-order valence-corrected chi connectivity index (χ2v) is 4.00. The van der Waals surface area contributed by atoms with Crippen LogP contribution in [-0.2, 0) is 0 Å². The van der Waals surface area contributed by atoms with Gasteiger partial charge < -0.3 is 5.11 Å². The number of hydrogen-bond donors (Lipinski definition) is 1. The first-order chi connectivity index (χ1) is 8.59. The number of pyridine rings is 1. The summed E-state index contributed by atoms with van der Waals surface area (Å²) in [6.45, 7) is 0. The van der Waals surface area contributed by atoms with Crippen LogP contribution in [0.3, 0.4) is 0 Å². The van der Waals surface area contributed by atoms with E-state index in [-0.39, 0.29) is 16.9 Å². The minimum atomic E-state index is -1.18. The molecule has 0 fully saturated rings. The van der Waals surface area contributed by atoms with Crippen LogP contribution in [-0.4, -0.2) is 21.8 Å². The van der Waals surface area contributed by atoms with Crippen LogP contribution in [0.15, 0.2) is 42.7 Å². The molecule has 5 heteroatoms. The Bertz CT molecular complexity index is 608. The van der Waals surface area contributed by atoms with Gasteiger partial charge in [0.1, 0.15) is 0 Å². The molecule has 0 aliphatic heterocycles. The predicted octanol–water partition coefficient (Wildman–Crippen LogP) is 2.66. The monoisotopic (exact) mass is 261 g/mol. The molecule has 0 atom stereocenters. The highest BCUT2D eigenvalue weighted by molar-refractivity contribution is 6.30. The Hall–Kier alpha value is -2.20. The van der Waals surface area contributed by atoms with Crippen molar-refractivity contribution in [2.24, 2.45) is 0 Å². The number of carboxylic acids is 1. The SMILES string of the molecule is O=C(O)c1cnccc1C(=O)c1ccc(Cl)cc1. The van der Waals surface area contributed by atoms with Crippen LogP contribution < -0.4 is 0 Å². The van der Waals surface area contributed by atoms with E-state index in [1.54, 1.807) is 24.3 Å². The van der Waals surface area contributed by atoms with Gasteiger partial charge in [-0.1, -0.05) is 11.6 Å². The lowest BCUT2D eigenvalue weighted by Gasteiger charge is -2.04. The molecule has 0 bridgehead atoms. The van der Waals surface area contributed by atoms with Crippen molar-refractivity contribution in [2.75, 3.05) is 0 Å². The summed E-state index contributed by atoms with van der Waals surface area (Å²) in [4.78, 5) is 26.8. The third-order valence-electron chi connectivity index (χ3n) is 2.40. The van der Waals surface area contributed by atoms with Gasteiger partial charge in [0.2, 0.25) is 0 Å². The first-order valence-electron chi connectivity index (χ1n) is 5.07. The Morgan fingerprint density at radius 1 is 1.06 bits per heavy atom. The largest absolute Gasteiger partial charge is 0.478 e. The number of rotatable bonds is 3. The van der Waals surface area contributed by atoms with E-state index in [0.717, 1.165) is 6.20 Å². The van der Waals surface area contributed by atoms with Gasteiger partial charge in [-0.15, -0.1) is 0 Å². The molecule has 0 spiro atoms. The Balaban J connectivity index is 2.46. The summed E-state index contributed by atoms with van der Waals surface area (Å²) in [5, 5.41) is 9.51. The molecule has 0 aliphatic rings. The van der Waals surface area contributed by atoms with E-state index in [4.69, 9.17) is 16.7 Å². The van der Waals surface area contributed by atoms with Crippen LogP contribution in [0.4, 0.5) is 0 Å². The number of aromatic carboxylic acids is 1. The first-order valence-corrected chi connectivity index (χ1v) is 5.45. The highest BCUT2D eigenvalue weighted by atomic mass is 35.5. The molecule has 0 amide bonds. The average Bonchev–Trinajstić information content (AvgIpc) is 2.39. The van der Waals surface area contributed by atoms with E-state index in [0.29, 0.717) is 10.6 Å². The molecular formula is C13H8ClNO3. The zero-order valence-corrected chi connectivity index (χ0v) is 9.89. The van der Waals surface area contributed by atoms with Crippen molar-refractivity contribution in [3.63, 3.8) is 0 Å². The van der Waals surface area contributed by atoms with Crippen molar-refractivity contribution in [1.29, 1.82) is 0 Å². The second-order valence-electron chi connectivity index (χ2n) is 3.56. The van der Waals surface area contributed by atoms with Gasteiger partial charge in [-0.25, -0.2) is 4.79 Å². The van der Waals surface area contributed by atoms with Gasteiger partial charge in [0, 0.05) is 28.5 Å². The molecule has 1 aromatic carbocycles. The zero-order valence-electron chi connectivity index (χ0n) is 9.13. The fourth-order valence-electron chi connectivity index (χ4n) is 1.52. The first kappa shape index (κ1) is 12.3. The molecule has 2 aromatic rings. The summed E-state index contributed by atoms with van der Waals surface area (Å²) in [5.74, 6) is -1.55. The molecule has 0 aliphatic carbocycles. The van der Waals surface area contributed by atoms with Crippen LogP contribution in [0, 0.1) is 0 Å². The quantitative estimate of drug-likeness (QED) is 0.863. The minimum Gasteiger partial charge on any atom is -0.478 e. The van der Waals surface area contributed by atoms with E-state index >= 15 is 0 Å². The summed E-state index contributed by atoms with van der Waals surface area (Å²) in [5.41, 5.74) is 0.380. The number of carbonyl (C=O) groups is 2. The Labute approximate surface area is 108 Å². The second kappa shape index (κ2) is 4.98. The van der Waals surface area contributed by atoms with Crippen LogP contribution in [0.5, 0.6) is 0 Å². The van der Waals surface area contributed by atoms with E-state index in [1.165, 1.54) is 12.3 Å². The van der Waals surface area contributed by atoms with E-state index in [1.807, 2.05) is 0 Å². The van der Waals surface area contributed by atoms with E-state index in [9.17, 15) is 9.59 Å². The average molecular weight is 262 g/mol. The normalized spacial score (nSPS) is 10.1. The van der Waals surface area contributed by atoms with E-state index in [2.05, 4.69) is 4.98 Å². The Morgan fingerprint density at radius 2 is 1.72 bits per heavy atom. The van der Waals surface area contributed by atoms with Crippen molar-refractivity contribution >= 4 is 23.4 Å². The number of carbonyl (C=O) groups excluding carboxylic acids is 1. The van der Waals surface area contributed by atoms with E-state index < -0.39 is 5.97 Å². The predicted molar refractivity (Wildman–Crippen MR) is 66.1 cm³/mol. The van der Waals surface area contributed by atoms with Gasteiger partial charge in [-0.05, 0) is 30.3 Å². The number of nitrogens with zero attached hydrogens (tertiary/aromatic N) is 1. The van der Waals surface area contributed by atoms with Crippen molar-refractivity contribution in [3.05, 3.63) is 64.4 Å². The molecular weight excluding hydrogens is 254 g/mol. The maximum Gasteiger partial charge on any atom is 0.338 e. The maximum atomic E-state index is 12.1. The summed E-state index contributed by atoms with van der Waals surface area (Å²) in [6.07, 6.45) is 2.54. The lowest BCUT2D eigenvalue weighted by molar-refractivity contribution is 0.0692. The number of hydrogen-bond acceptors (Lipinski definition) is 3. The smallest absolute Gasteiger partial charge is 0.338 e. The van der Waals surface area contributed by atoms with Gasteiger partial charge in [-0.3, -0.25) is 9.78 Å².